The molecule has 0 saturated heterocycles. The monoisotopic (exact) mass is 451 g/mol. The van der Waals surface area contributed by atoms with Crippen molar-refractivity contribution >= 4 is 5.91 Å². The van der Waals surface area contributed by atoms with E-state index in [1.54, 1.807) is 0 Å². The van der Waals surface area contributed by atoms with E-state index in [2.05, 4.69) is 5.32 Å². The number of carbonyl (C=O) groups excluding carboxylic acids is 1. The Hall–Kier alpha value is -3.07. The molecule has 0 radical (unpaired) electrons. The number of nitrogens with one attached hydrogen (secondary N) is 1. The van der Waals surface area contributed by atoms with Gasteiger partial charge in [0.25, 0.3) is 0 Å². The molecule has 33 heavy (non-hydrogen) atoms. The zero-order valence-corrected chi connectivity index (χ0v) is 18.3. The second-order valence-corrected chi connectivity index (χ2v) is 7.78. The Kier molecular flexibility index (Phi) is 8.32. The molecule has 0 heterocycles. The molecule has 0 saturated carbocycles. The molecule has 0 aliphatic heterocycles. The number of aliphatic hydroxyl groups excluding tert-OH is 4. The molecule has 0 aliphatic rings. The van der Waals surface area contributed by atoms with Gasteiger partial charge in [0.2, 0.25) is 5.91 Å². The van der Waals surface area contributed by atoms with Crippen molar-refractivity contribution in [3.8, 4) is 0 Å². The fourth-order valence-electron chi connectivity index (χ4n) is 3.79. The Labute approximate surface area is 192 Å². The van der Waals surface area contributed by atoms with Crippen LogP contribution in [-0.4, -0.2) is 57.5 Å². The van der Waals surface area contributed by atoms with Crippen molar-refractivity contribution in [2.75, 3.05) is 6.61 Å². The van der Waals surface area contributed by atoms with Crippen molar-refractivity contribution in [3.05, 3.63) is 108 Å². The summed E-state index contributed by atoms with van der Waals surface area (Å²) in [6, 6.07) is 28.5. The SMILES string of the molecule is CC(=O)NC(O)C(O)C(O)C(O)COC(c1ccccc1)(c1ccccc1)c1ccccc1. The third-order valence-electron chi connectivity index (χ3n) is 5.43. The molecule has 1 amide bonds. The van der Waals surface area contributed by atoms with Crippen LogP contribution in [0.5, 0.6) is 0 Å². The van der Waals surface area contributed by atoms with Crippen LogP contribution in [-0.2, 0) is 15.1 Å². The van der Waals surface area contributed by atoms with Crippen molar-refractivity contribution in [2.45, 2.75) is 37.1 Å². The molecule has 4 atom stereocenters. The van der Waals surface area contributed by atoms with Crippen molar-refractivity contribution in [1.29, 1.82) is 0 Å². The second-order valence-electron chi connectivity index (χ2n) is 7.78. The number of amides is 1. The molecule has 3 rings (SSSR count). The third-order valence-corrected chi connectivity index (χ3v) is 5.43. The van der Waals surface area contributed by atoms with Crippen LogP contribution in [0, 0.1) is 0 Å². The van der Waals surface area contributed by atoms with Crippen LogP contribution in [0.3, 0.4) is 0 Å². The van der Waals surface area contributed by atoms with Crippen LogP contribution in [0.15, 0.2) is 91.0 Å². The lowest BCUT2D eigenvalue weighted by molar-refractivity contribution is -0.146. The lowest BCUT2D eigenvalue weighted by Crippen LogP contribution is -2.53. The molecule has 3 aromatic rings. The molecule has 7 heteroatoms. The maximum absolute atomic E-state index is 11.1. The van der Waals surface area contributed by atoms with Crippen LogP contribution in [0.4, 0.5) is 0 Å². The van der Waals surface area contributed by atoms with Gasteiger partial charge < -0.3 is 30.5 Å². The Morgan fingerprint density at radius 1 is 0.758 bits per heavy atom. The lowest BCUT2D eigenvalue weighted by Gasteiger charge is -2.37. The summed E-state index contributed by atoms with van der Waals surface area (Å²) in [5.41, 5.74) is 1.31. The zero-order chi connectivity index (χ0) is 23.8. The van der Waals surface area contributed by atoms with Crippen molar-refractivity contribution in [2.24, 2.45) is 0 Å². The van der Waals surface area contributed by atoms with Gasteiger partial charge in [0.05, 0.1) is 6.61 Å². The van der Waals surface area contributed by atoms with E-state index in [-0.39, 0.29) is 6.61 Å². The molecule has 4 unspecified atom stereocenters. The first kappa shape index (κ1) is 24.6. The van der Waals surface area contributed by atoms with E-state index in [1.807, 2.05) is 91.0 Å². The number of aliphatic hydroxyl groups is 4. The van der Waals surface area contributed by atoms with Gasteiger partial charge in [-0.3, -0.25) is 4.79 Å². The predicted octanol–water partition coefficient (Wildman–Crippen LogP) is 1.53. The summed E-state index contributed by atoms with van der Waals surface area (Å²) in [4.78, 5) is 11.1. The van der Waals surface area contributed by atoms with E-state index in [9.17, 15) is 25.2 Å². The number of hydrogen-bond donors (Lipinski definition) is 5. The highest BCUT2D eigenvalue weighted by Gasteiger charge is 2.39. The number of carbonyl (C=O) groups is 1. The van der Waals surface area contributed by atoms with E-state index >= 15 is 0 Å². The minimum absolute atomic E-state index is 0.371. The van der Waals surface area contributed by atoms with E-state index in [4.69, 9.17) is 4.74 Å². The smallest absolute Gasteiger partial charge is 0.218 e. The van der Waals surface area contributed by atoms with Gasteiger partial charge in [0, 0.05) is 6.92 Å². The van der Waals surface area contributed by atoms with Crippen molar-refractivity contribution in [3.63, 3.8) is 0 Å². The van der Waals surface area contributed by atoms with Gasteiger partial charge in [-0.15, -0.1) is 0 Å². The minimum Gasteiger partial charge on any atom is -0.388 e. The minimum atomic E-state index is -1.81. The van der Waals surface area contributed by atoms with E-state index < -0.39 is 36.0 Å². The number of rotatable bonds is 10. The number of hydrogen-bond acceptors (Lipinski definition) is 6. The van der Waals surface area contributed by atoms with Crippen LogP contribution >= 0.6 is 0 Å². The van der Waals surface area contributed by atoms with Gasteiger partial charge in [-0.2, -0.15) is 0 Å². The Bertz CT molecular complexity index is 902. The summed E-state index contributed by atoms with van der Waals surface area (Å²) in [6.07, 6.45) is -6.88. The topological polar surface area (TPSA) is 119 Å². The molecular formula is C26H29NO6. The standard InChI is InChI=1S/C26H29NO6/c1-18(28)27-25(32)24(31)23(30)22(29)17-33-26(19-11-5-2-6-12-19,20-13-7-3-8-14-20)21-15-9-4-10-16-21/h2-16,22-25,29-32H,17H2,1H3,(H,27,28). The number of ether oxygens (including phenoxy) is 1. The van der Waals surface area contributed by atoms with Gasteiger partial charge in [-0.25, -0.2) is 0 Å². The molecule has 0 aromatic heterocycles. The van der Waals surface area contributed by atoms with Crippen LogP contribution in [0.2, 0.25) is 0 Å². The largest absolute Gasteiger partial charge is 0.388 e. The first-order valence-corrected chi connectivity index (χ1v) is 10.7. The zero-order valence-electron chi connectivity index (χ0n) is 18.3. The average molecular weight is 452 g/mol. The van der Waals surface area contributed by atoms with Crippen LogP contribution in [0.25, 0.3) is 0 Å². The molecule has 0 fully saturated rings. The summed E-state index contributed by atoms with van der Waals surface area (Å²) in [6.45, 7) is 0.791. The van der Waals surface area contributed by atoms with Crippen LogP contribution in [0.1, 0.15) is 23.6 Å². The average Bonchev–Trinajstić information content (AvgIpc) is 2.85. The highest BCUT2D eigenvalue weighted by Crippen LogP contribution is 2.40. The first-order valence-electron chi connectivity index (χ1n) is 10.7. The van der Waals surface area contributed by atoms with E-state index in [0.29, 0.717) is 0 Å². The maximum Gasteiger partial charge on any atom is 0.218 e. The normalized spacial score (nSPS) is 15.3. The highest BCUT2D eigenvalue weighted by molar-refractivity contribution is 5.73. The molecule has 174 valence electrons. The fraction of sp³-hybridized carbons (Fsp3) is 0.269. The fourth-order valence-corrected chi connectivity index (χ4v) is 3.79. The van der Waals surface area contributed by atoms with Gasteiger partial charge in [-0.1, -0.05) is 91.0 Å². The summed E-state index contributed by atoms with van der Waals surface area (Å²) in [5, 5.41) is 43.1. The third kappa shape index (κ3) is 5.65. The lowest BCUT2D eigenvalue weighted by atomic mass is 9.80. The number of benzene rings is 3. The molecule has 5 N–H and O–H groups in total. The maximum atomic E-state index is 11.1. The highest BCUT2D eigenvalue weighted by atomic mass is 16.5. The molecule has 7 nitrogen and oxygen atoms in total. The predicted molar refractivity (Wildman–Crippen MR) is 123 cm³/mol. The summed E-state index contributed by atoms with van der Waals surface area (Å²) in [7, 11) is 0. The van der Waals surface area contributed by atoms with E-state index in [1.165, 1.54) is 0 Å². The molecule has 3 aromatic carbocycles. The molecule has 0 aliphatic carbocycles. The van der Waals surface area contributed by atoms with Gasteiger partial charge in [-0.05, 0) is 16.7 Å². The van der Waals surface area contributed by atoms with Gasteiger partial charge in [0.1, 0.15) is 23.9 Å². The second kappa shape index (κ2) is 11.2. The van der Waals surface area contributed by atoms with Crippen molar-refractivity contribution < 1.29 is 30.0 Å². The summed E-state index contributed by atoms with van der Waals surface area (Å²) < 4.78 is 6.39. The Morgan fingerprint density at radius 3 is 1.52 bits per heavy atom. The molecule has 0 bridgehead atoms. The van der Waals surface area contributed by atoms with Gasteiger partial charge in [0.15, 0.2) is 6.23 Å². The van der Waals surface area contributed by atoms with Gasteiger partial charge >= 0.3 is 0 Å². The summed E-state index contributed by atoms with van der Waals surface area (Å²) >= 11 is 0. The van der Waals surface area contributed by atoms with Crippen molar-refractivity contribution in [1.82, 2.24) is 5.32 Å². The quantitative estimate of drug-likeness (QED) is 0.236. The molecule has 0 spiro atoms. The molecular weight excluding hydrogens is 422 g/mol. The van der Waals surface area contributed by atoms with E-state index in [0.717, 1.165) is 23.6 Å². The Balaban J connectivity index is 1.96. The first-order chi connectivity index (χ1) is 15.9. The van der Waals surface area contributed by atoms with Crippen LogP contribution < -0.4 is 5.32 Å². The Morgan fingerprint density at radius 2 is 1.15 bits per heavy atom. The summed E-state index contributed by atoms with van der Waals surface area (Å²) in [5.74, 6) is -0.587.